The summed E-state index contributed by atoms with van der Waals surface area (Å²) >= 11 is 7.59. The highest BCUT2D eigenvalue weighted by molar-refractivity contribution is 7.21. The van der Waals surface area contributed by atoms with Gasteiger partial charge in [-0.05, 0) is 56.1 Å². The number of amides is 1. The zero-order chi connectivity index (χ0) is 23.2. The first kappa shape index (κ1) is 21.5. The molecule has 0 radical (unpaired) electrons. The lowest BCUT2D eigenvalue weighted by molar-refractivity contribution is 0.0962. The van der Waals surface area contributed by atoms with Gasteiger partial charge in [-0.25, -0.2) is 9.97 Å². The third-order valence-corrected chi connectivity index (χ3v) is 7.81. The fourth-order valence-corrected chi connectivity index (χ4v) is 5.96. The number of halogens is 1. The van der Waals surface area contributed by atoms with Crippen LogP contribution in [-0.2, 0) is 6.54 Å². The van der Waals surface area contributed by atoms with Crippen LogP contribution in [0.1, 0.15) is 35.0 Å². The van der Waals surface area contributed by atoms with Crippen LogP contribution < -0.4 is 15.4 Å². The number of fused-ring (bicyclic) bond motifs is 5. The third-order valence-electron chi connectivity index (χ3n) is 6.48. The average molecular weight is 495 g/mol. The van der Waals surface area contributed by atoms with Gasteiger partial charge in [-0.15, -0.1) is 11.3 Å². The number of likely N-dealkylation sites (tertiary alicyclic amines) is 1. The van der Waals surface area contributed by atoms with Crippen molar-refractivity contribution in [3.8, 4) is 11.8 Å². The van der Waals surface area contributed by atoms with E-state index in [9.17, 15) is 4.79 Å². The smallest absolute Gasteiger partial charge is 0.263 e. The molecule has 2 N–H and O–H groups in total. The number of anilines is 1. The Morgan fingerprint density at radius 3 is 2.94 bits per heavy atom. The lowest BCUT2D eigenvalue weighted by atomic mass is 10.1. The molecular weight excluding hydrogens is 472 g/mol. The normalized spacial score (nSPS) is 18.5. The van der Waals surface area contributed by atoms with Crippen molar-refractivity contribution in [2.75, 3.05) is 25.0 Å². The first-order chi connectivity index (χ1) is 16.6. The van der Waals surface area contributed by atoms with Crippen molar-refractivity contribution in [3.63, 3.8) is 0 Å². The fourth-order valence-electron chi connectivity index (χ4n) is 4.73. The Bertz CT molecular complexity index is 1420. The number of ether oxygens (including phenoxy) is 1. The standard InChI is InChI=1S/C24H23ClN6O2S/c1-13-3-2-10-31(13)12-14-11-28-24(25)30-23(14)33-18-7-4-15-16(29-18)5-6-17-19(15)20-21(34-17)22(32)27-9-8-26-20/h4-7,11,13,26H,2-3,8-10,12H2,1H3,(H,27,32)/t13-/m0/s1. The Kier molecular flexibility index (Phi) is 5.47. The van der Waals surface area contributed by atoms with Gasteiger partial charge in [-0.3, -0.25) is 9.69 Å². The van der Waals surface area contributed by atoms with Gasteiger partial charge in [0.1, 0.15) is 4.88 Å². The van der Waals surface area contributed by atoms with E-state index in [1.54, 1.807) is 6.20 Å². The first-order valence-corrected chi connectivity index (χ1v) is 12.6. The van der Waals surface area contributed by atoms with Gasteiger partial charge >= 0.3 is 0 Å². The molecule has 174 valence electrons. The topological polar surface area (TPSA) is 92.3 Å². The van der Waals surface area contributed by atoms with Crippen molar-refractivity contribution < 1.29 is 9.53 Å². The van der Waals surface area contributed by atoms with Crippen molar-refractivity contribution in [3.05, 3.63) is 46.2 Å². The van der Waals surface area contributed by atoms with Gasteiger partial charge in [0, 0.05) is 59.0 Å². The van der Waals surface area contributed by atoms with Gasteiger partial charge in [0.05, 0.1) is 11.2 Å². The summed E-state index contributed by atoms with van der Waals surface area (Å²) in [6.07, 6.45) is 4.11. The summed E-state index contributed by atoms with van der Waals surface area (Å²) in [7, 11) is 0. The maximum absolute atomic E-state index is 12.5. The van der Waals surface area contributed by atoms with Crippen LogP contribution in [0.3, 0.4) is 0 Å². The number of aromatic nitrogens is 3. The van der Waals surface area contributed by atoms with Crippen molar-refractivity contribution in [1.29, 1.82) is 0 Å². The minimum Gasteiger partial charge on any atom is -0.420 e. The number of thiophene rings is 1. The second kappa shape index (κ2) is 8.65. The fraction of sp³-hybridized carbons (Fsp3) is 0.333. The molecule has 0 bridgehead atoms. The maximum Gasteiger partial charge on any atom is 0.263 e. The predicted octanol–water partition coefficient (Wildman–Crippen LogP) is 4.82. The molecule has 2 aliphatic rings. The molecule has 4 aromatic rings. The zero-order valence-corrected chi connectivity index (χ0v) is 20.2. The molecule has 0 unspecified atom stereocenters. The number of benzene rings is 1. The molecule has 0 saturated carbocycles. The van der Waals surface area contributed by atoms with E-state index < -0.39 is 0 Å². The summed E-state index contributed by atoms with van der Waals surface area (Å²) in [5.41, 5.74) is 2.54. The van der Waals surface area contributed by atoms with E-state index in [0.29, 0.717) is 42.3 Å². The Hall–Kier alpha value is -3.01. The number of nitrogens with one attached hydrogen (secondary N) is 2. The molecule has 8 nitrogen and oxygen atoms in total. The molecule has 1 atom stereocenters. The summed E-state index contributed by atoms with van der Waals surface area (Å²) in [6, 6.07) is 8.30. The minimum absolute atomic E-state index is 0.0391. The molecule has 1 aromatic carbocycles. The van der Waals surface area contributed by atoms with E-state index in [1.165, 1.54) is 24.2 Å². The van der Waals surface area contributed by atoms with Gasteiger partial charge in [-0.1, -0.05) is 0 Å². The average Bonchev–Trinajstić information content (AvgIpc) is 3.36. The molecule has 1 fully saturated rings. The van der Waals surface area contributed by atoms with Crippen LogP contribution in [-0.4, -0.2) is 51.4 Å². The van der Waals surface area contributed by atoms with Crippen molar-refractivity contribution in [1.82, 2.24) is 25.2 Å². The van der Waals surface area contributed by atoms with Crippen molar-refractivity contribution >= 4 is 55.5 Å². The quantitative estimate of drug-likeness (QED) is 0.393. The molecule has 0 aliphatic carbocycles. The van der Waals surface area contributed by atoms with Gasteiger partial charge in [-0.2, -0.15) is 4.98 Å². The van der Waals surface area contributed by atoms with E-state index in [4.69, 9.17) is 21.3 Å². The molecule has 5 heterocycles. The maximum atomic E-state index is 12.5. The van der Waals surface area contributed by atoms with E-state index in [-0.39, 0.29) is 11.2 Å². The molecule has 34 heavy (non-hydrogen) atoms. The van der Waals surface area contributed by atoms with E-state index in [1.807, 2.05) is 24.3 Å². The minimum atomic E-state index is -0.0391. The van der Waals surface area contributed by atoms with E-state index in [0.717, 1.165) is 38.8 Å². The van der Waals surface area contributed by atoms with Gasteiger partial charge in [0.25, 0.3) is 5.91 Å². The first-order valence-electron chi connectivity index (χ1n) is 11.4. The Labute approximate surface area is 205 Å². The van der Waals surface area contributed by atoms with Crippen LogP contribution in [0.25, 0.3) is 21.0 Å². The summed E-state index contributed by atoms with van der Waals surface area (Å²) in [6.45, 7) is 5.27. The molecular formula is C24H23ClN6O2S. The number of carbonyl (C=O) groups excluding carboxylic acids is 1. The Morgan fingerprint density at radius 2 is 2.09 bits per heavy atom. The van der Waals surface area contributed by atoms with Crippen LogP contribution in [0, 0.1) is 0 Å². The number of hydrogen-bond donors (Lipinski definition) is 2. The van der Waals surface area contributed by atoms with E-state index >= 15 is 0 Å². The Morgan fingerprint density at radius 1 is 1.21 bits per heavy atom. The highest BCUT2D eigenvalue weighted by Gasteiger charge is 2.24. The molecule has 3 aromatic heterocycles. The lowest BCUT2D eigenvalue weighted by Crippen LogP contribution is -2.26. The second-order valence-corrected chi connectivity index (χ2v) is 10.1. The van der Waals surface area contributed by atoms with Gasteiger partial charge < -0.3 is 15.4 Å². The summed E-state index contributed by atoms with van der Waals surface area (Å²) in [5.74, 6) is 0.821. The molecule has 2 aliphatic heterocycles. The molecule has 0 spiro atoms. The second-order valence-electron chi connectivity index (χ2n) is 8.68. The summed E-state index contributed by atoms with van der Waals surface area (Å²) < 4.78 is 7.18. The summed E-state index contributed by atoms with van der Waals surface area (Å²) in [5, 5.41) is 8.46. The van der Waals surface area contributed by atoms with Crippen LogP contribution in [0.5, 0.6) is 11.8 Å². The Balaban J connectivity index is 1.37. The van der Waals surface area contributed by atoms with Crippen molar-refractivity contribution in [2.45, 2.75) is 32.4 Å². The van der Waals surface area contributed by atoms with Crippen molar-refractivity contribution in [2.24, 2.45) is 0 Å². The molecule has 10 heteroatoms. The highest BCUT2D eigenvalue weighted by atomic mass is 35.5. The largest absolute Gasteiger partial charge is 0.420 e. The SMILES string of the molecule is C[C@H]1CCCN1Cc1cnc(Cl)nc1Oc1ccc2c(ccc3sc4c(c32)NCCNC4=O)n1. The van der Waals surface area contributed by atoms with Crippen LogP contribution in [0.2, 0.25) is 5.28 Å². The number of nitrogens with zero attached hydrogens (tertiary/aromatic N) is 4. The molecule has 1 amide bonds. The molecule has 6 rings (SSSR count). The summed E-state index contributed by atoms with van der Waals surface area (Å²) in [4.78, 5) is 28.8. The lowest BCUT2D eigenvalue weighted by Gasteiger charge is -2.21. The predicted molar refractivity (Wildman–Crippen MR) is 134 cm³/mol. The van der Waals surface area contributed by atoms with E-state index in [2.05, 4.69) is 32.4 Å². The number of pyridine rings is 1. The van der Waals surface area contributed by atoms with Gasteiger partial charge in [0.15, 0.2) is 0 Å². The monoisotopic (exact) mass is 494 g/mol. The van der Waals surface area contributed by atoms with Gasteiger partial charge in [0.2, 0.25) is 17.0 Å². The third kappa shape index (κ3) is 3.83. The van der Waals surface area contributed by atoms with Crippen LogP contribution in [0.4, 0.5) is 5.69 Å². The highest BCUT2D eigenvalue weighted by Crippen LogP contribution is 2.41. The number of rotatable bonds is 4. The van der Waals surface area contributed by atoms with Crippen LogP contribution >= 0.6 is 22.9 Å². The number of carbonyl (C=O) groups is 1. The number of hydrogen-bond acceptors (Lipinski definition) is 8. The molecule has 1 saturated heterocycles. The zero-order valence-electron chi connectivity index (χ0n) is 18.6. The van der Waals surface area contributed by atoms with Crippen LogP contribution in [0.15, 0.2) is 30.5 Å².